The molecule has 0 radical (unpaired) electrons. The van der Waals surface area contributed by atoms with E-state index in [0.717, 1.165) is 48.6 Å². The smallest absolute Gasteiger partial charge is 0.0546 e. The fraction of sp³-hybridized carbons (Fsp3) is 0.0769. The summed E-state index contributed by atoms with van der Waals surface area (Å²) < 4.78 is 2.27. The van der Waals surface area contributed by atoms with Crippen LogP contribution in [-0.2, 0) is 56.4 Å². The topological polar surface area (TPSA) is 41.3 Å². The highest BCUT2D eigenvalue weighted by Gasteiger charge is 2.39. The molecule has 3 aliphatic rings. The first-order chi connectivity index (χ1) is 67.4. The second-order valence-electron chi connectivity index (χ2n) is 36.8. The van der Waals surface area contributed by atoms with Gasteiger partial charge in [0.15, 0.2) is 0 Å². The van der Waals surface area contributed by atoms with Crippen molar-refractivity contribution in [2.75, 3.05) is 16.0 Å². The van der Waals surface area contributed by atoms with Crippen LogP contribution in [-0.4, -0.2) is 0 Å². The second kappa shape index (κ2) is 40.7. The van der Waals surface area contributed by atoms with E-state index < -0.39 is 0 Å². The van der Waals surface area contributed by atoms with Crippen molar-refractivity contribution in [2.45, 2.75) is 65.2 Å². The quantitative estimate of drug-likeness (QED) is 0.134. The number of rotatable bonds is 10. The SMILES string of the molecule is Brc1ccc(-c2ccccc2)cc1.C.CC1(C)c2ccccc2-c2cc(Br)ccc21.CC1(C)c2ccccc2-c2cc(N(c3ccc(-c4ccccc4)cc3)c3ccc4ccccc4c3-c3cccc4ccccc34)ccc21.CC1(C)c2ccccc2-c2cc(Nc3ccc4ccccc4c3-c3cccc4ccccc34)ccc21.Nc1ccc2ccccc2c1-c1cccc2ccccc12.S=S=S=S. The molecule has 3 aliphatic carbocycles. The molecule has 0 fully saturated rings. The zero-order valence-electron chi connectivity index (χ0n) is 77.4. The molecule has 3 nitrogen and oxygen atoms in total. The van der Waals surface area contributed by atoms with Crippen molar-refractivity contribution in [1.29, 1.82) is 0 Å². The number of nitrogens with zero attached hydrogens (tertiary/aromatic N) is 1. The van der Waals surface area contributed by atoms with Crippen molar-refractivity contribution in [3.63, 3.8) is 0 Å². The number of nitrogen functional groups attached to an aromatic ring is 1. The van der Waals surface area contributed by atoms with Gasteiger partial charge in [-0.2, -0.15) is 0 Å². The van der Waals surface area contributed by atoms with E-state index in [1.165, 1.54) is 199 Å². The maximum atomic E-state index is 6.31. The molecular weight excluding hydrogens is 1890 g/mol. The average molecular weight is 2000 g/mol. The van der Waals surface area contributed by atoms with Gasteiger partial charge in [-0.1, -0.05) is 475 Å². The molecule has 0 heterocycles. The Kier molecular flexibility index (Phi) is 27.4. The first-order valence-electron chi connectivity index (χ1n) is 46.7. The zero-order valence-corrected chi connectivity index (χ0v) is 83.9. The molecule has 0 aliphatic heterocycles. The summed E-state index contributed by atoms with van der Waals surface area (Å²) in [5, 5.41) is 18.7. The van der Waals surface area contributed by atoms with Gasteiger partial charge in [0, 0.05) is 110 Å². The number of hydrogen-bond donors (Lipinski definition) is 2. The fourth-order valence-electron chi connectivity index (χ4n) is 20.9. The van der Waals surface area contributed by atoms with Gasteiger partial charge >= 0.3 is 0 Å². The lowest BCUT2D eigenvalue weighted by molar-refractivity contribution is 0.660. The molecule has 25 rings (SSSR count). The number of nitrogens with one attached hydrogen (secondary N) is 1. The van der Waals surface area contributed by atoms with Gasteiger partial charge in [0.1, 0.15) is 0 Å². The van der Waals surface area contributed by atoms with Crippen molar-refractivity contribution in [2.24, 2.45) is 0 Å². The molecule has 676 valence electrons. The lowest BCUT2D eigenvalue weighted by Gasteiger charge is -2.30. The van der Waals surface area contributed by atoms with E-state index in [2.05, 4.69) is 567 Å². The van der Waals surface area contributed by atoms with Gasteiger partial charge in [-0.15, -0.1) is 0 Å². The fourth-order valence-corrected chi connectivity index (χ4v) is 21.6. The average Bonchev–Trinajstić information content (AvgIpc) is 1.57. The molecule has 0 spiro atoms. The van der Waals surface area contributed by atoms with Crippen molar-refractivity contribution in [1.82, 2.24) is 0 Å². The summed E-state index contributed by atoms with van der Waals surface area (Å²) in [6.07, 6.45) is 0. The lowest BCUT2D eigenvalue weighted by atomic mass is 9.82. The Labute approximate surface area is 848 Å². The van der Waals surface area contributed by atoms with E-state index in [1.54, 1.807) is 0 Å². The molecule has 139 heavy (non-hydrogen) atoms. The third-order valence-electron chi connectivity index (χ3n) is 27.7. The molecule has 0 atom stereocenters. The van der Waals surface area contributed by atoms with Crippen LogP contribution >= 0.6 is 31.9 Å². The van der Waals surface area contributed by atoms with Crippen molar-refractivity contribution >= 4 is 171 Å². The summed E-state index contributed by atoms with van der Waals surface area (Å²) in [4.78, 5) is 2.46. The first-order valence-corrected chi connectivity index (χ1v) is 52.3. The highest BCUT2D eigenvalue weighted by atomic mass is 79.9. The van der Waals surface area contributed by atoms with E-state index in [9.17, 15) is 0 Å². The van der Waals surface area contributed by atoms with Crippen LogP contribution in [0.2, 0.25) is 0 Å². The molecule has 3 N–H and O–H groups in total. The van der Waals surface area contributed by atoms with Crippen LogP contribution in [0.15, 0.2) is 482 Å². The van der Waals surface area contributed by atoms with Crippen LogP contribution in [0.1, 0.15) is 82.3 Å². The molecule has 0 unspecified atom stereocenters. The van der Waals surface area contributed by atoms with E-state index >= 15 is 0 Å². The molecule has 0 amide bonds. The van der Waals surface area contributed by atoms with Crippen LogP contribution in [0.25, 0.3) is 154 Å². The van der Waals surface area contributed by atoms with Crippen LogP contribution < -0.4 is 16.0 Å². The molecular formula is C130H103Br2N3S4. The Bertz CT molecular complexity index is 8430. The van der Waals surface area contributed by atoms with Crippen LogP contribution in [0.5, 0.6) is 0 Å². The number of halogens is 2. The Morgan fingerprint density at radius 2 is 0.554 bits per heavy atom. The highest BCUT2D eigenvalue weighted by Crippen LogP contribution is 2.56. The summed E-state index contributed by atoms with van der Waals surface area (Å²) in [5.74, 6) is 0. The summed E-state index contributed by atoms with van der Waals surface area (Å²) >= 11 is 15.6. The Morgan fingerprint density at radius 3 is 1.02 bits per heavy atom. The predicted octanol–water partition coefficient (Wildman–Crippen LogP) is 37.6. The predicted molar refractivity (Wildman–Crippen MR) is 618 cm³/mol. The van der Waals surface area contributed by atoms with Gasteiger partial charge < -0.3 is 16.0 Å². The number of hydrogen-bond acceptors (Lipinski definition) is 5. The minimum absolute atomic E-state index is 0. The maximum absolute atomic E-state index is 6.31. The summed E-state index contributed by atoms with van der Waals surface area (Å²) in [6.45, 7) is 13.9. The molecule has 0 saturated carbocycles. The first kappa shape index (κ1) is 93.6. The molecule has 0 saturated heterocycles. The van der Waals surface area contributed by atoms with Crippen LogP contribution in [0, 0.1) is 0 Å². The lowest BCUT2D eigenvalue weighted by Crippen LogP contribution is -2.15. The summed E-state index contributed by atoms with van der Waals surface area (Å²) in [6, 6.07) is 170. The van der Waals surface area contributed by atoms with Crippen LogP contribution in [0.4, 0.5) is 34.1 Å². The standard InChI is InChI=1S/C47H35N.C35H27N.C20H15N.C15H13Br.C12H9Br.CH4.S4/c1-47(2)43-22-11-10-20-40(43)42-31-37(28-29-44(42)47)48(36-26-23-33(24-27-36)32-13-4-3-5-14-32)45-30-25-35-16-7-9-19-39(35)46(45)41-21-12-17-34-15-6-8-18-38(34)41;1-35(2)31-17-8-7-15-28(31)30-22-25(19-20-32(30)35)36-33-21-18-24-11-4-6-14-27(24)34(33)29-16-9-12-23-10-3-5-13-26(23)29;21-19-13-12-15-7-2-4-10-17(15)20(19)18-11-5-8-14-6-1-3-9-16(14)18;1-15(2)13-6-4-3-5-11(13)12-9-10(16)7-8-14(12)15;13-12-8-6-11(7-9-12)10-4-2-1-3-5-10;;1-3-4-2/h3-31H,1-2H3;3-22,36H,1-2H3;1-13H,21H2;3-9H,1-2H3;1-9H;1H4;. The summed E-state index contributed by atoms with van der Waals surface area (Å²) in [7, 11) is 2.34. The Hall–Kier alpha value is -14.4. The van der Waals surface area contributed by atoms with Gasteiger partial charge in [0.05, 0.1) is 5.69 Å². The molecule has 22 aromatic rings. The van der Waals surface area contributed by atoms with Crippen molar-refractivity contribution < 1.29 is 0 Å². The maximum Gasteiger partial charge on any atom is 0.0546 e. The zero-order chi connectivity index (χ0) is 94.6. The Morgan fingerprint density at radius 1 is 0.245 bits per heavy atom. The molecule has 0 aromatic heterocycles. The normalized spacial score (nSPS) is 12.5. The third kappa shape index (κ3) is 18.6. The van der Waals surface area contributed by atoms with Gasteiger partial charge in [0.25, 0.3) is 0 Å². The van der Waals surface area contributed by atoms with Crippen LogP contribution in [0.3, 0.4) is 0 Å². The Balaban J connectivity index is 0.000000118. The highest BCUT2D eigenvalue weighted by molar-refractivity contribution is 9.10. The minimum Gasteiger partial charge on any atom is -0.398 e. The minimum atomic E-state index is -0.0519. The van der Waals surface area contributed by atoms with Crippen molar-refractivity contribution in [3.8, 4) is 89.0 Å². The van der Waals surface area contributed by atoms with E-state index in [0.29, 0.717) is 0 Å². The van der Waals surface area contributed by atoms with Crippen molar-refractivity contribution in [3.05, 3.63) is 516 Å². The summed E-state index contributed by atoms with van der Waals surface area (Å²) in [5.41, 5.74) is 41.6. The number of fused-ring (bicyclic) bond motifs is 15. The molecule has 0 bridgehead atoms. The monoisotopic (exact) mass is 1990 g/mol. The van der Waals surface area contributed by atoms with Gasteiger partial charge in [0.2, 0.25) is 0 Å². The molecule has 22 aromatic carbocycles. The van der Waals surface area contributed by atoms with E-state index in [4.69, 9.17) is 5.73 Å². The van der Waals surface area contributed by atoms with Gasteiger partial charge in [-0.3, -0.25) is 0 Å². The molecule has 9 heteroatoms. The number of benzene rings is 22. The number of anilines is 6. The van der Waals surface area contributed by atoms with Gasteiger partial charge in [-0.05, 0) is 249 Å². The third-order valence-corrected chi connectivity index (χ3v) is 30.9. The van der Waals surface area contributed by atoms with Gasteiger partial charge in [-0.25, -0.2) is 0 Å². The largest absolute Gasteiger partial charge is 0.398 e. The van der Waals surface area contributed by atoms with E-state index in [1.807, 2.05) is 12.1 Å². The second-order valence-corrected chi connectivity index (χ2v) is 42.2. The van der Waals surface area contributed by atoms with E-state index in [-0.39, 0.29) is 23.7 Å². The number of nitrogens with two attached hydrogens (primary N) is 1.